The summed E-state index contributed by atoms with van der Waals surface area (Å²) in [5, 5.41) is 0. The van der Waals surface area contributed by atoms with Crippen LogP contribution in [0.4, 0.5) is 4.39 Å². The Hall–Kier alpha value is -1.75. The van der Waals surface area contributed by atoms with Gasteiger partial charge in [-0.25, -0.2) is 4.39 Å². The van der Waals surface area contributed by atoms with Crippen molar-refractivity contribution >= 4 is 0 Å². The molecule has 0 aliphatic heterocycles. The van der Waals surface area contributed by atoms with E-state index in [-0.39, 0.29) is 11.7 Å². The number of hydrogen-bond donors (Lipinski definition) is 0. The quantitative estimate of drug-likeness (QED) is 0.146. The van der Waals surface area contributed by atoms with Crippen molar-refractivity contribution in [3.05, 3.63) is 59.9 Å². The molecule has 0 amide bonds. The van der Waals surface area contributed by atoms with E-state index >= 15 is 0 Å². The van der Waals surface area contributed by atoms with E-state index in [1.807, 2.05) is 12.1 Å². The second-order valence-electron chi connectivity index (χ2n) is 9.39. The maximum Gasteiger partial charge on any atom is 0.290 e. The van der Waals surface area contributed by atoms with Crippen molar-refractivity contribution in [2.75, 3.05) is 19.8 Å². The van der Waals surface area contributed by atoms with Crippen LogP contribution in [0.25, 0.3) is 11.1 Å². The van der Waals surface area contributed by atoms with Gasteiger partial charge in [-0.3, -0.25) is 0 Å². The molecule has 0 aromatic heterocycles. The monoisotopic (exact) mass is 486 g/mol. The first-order chi connectivity index (χ1) is 17.1. The van der Waals surface area contributed by atoms with Crippen LogP contribution in [0.2, 0.25) is 0 Å². The summed E-state index contributed by atoms with van der Waals surface area (Å²) in [4.78, 5) is 0. The average Bonchev–Trinajstić information content (AvgIpc) is 2.89. The van der Waals surface area contributed by atoms with Crippen LogP contribution in [-0.4, -0.2) is 25.8 Å². The first-order valence-electron chi connectivity index (χ1n) is 13.9. The Morgan fingerprint density at radius 3 is 1.54 bits per heavy atom. The largest absolute Gasteiger partial charge is 0.327 e. The zero-order chi connectivity index (χ0) is 25.4. The number of benzene rings is 2. The second kappa shape index (κ2) is 16.8. The molecule has 3 nitrogen and oxygen atoms in total. The number of rotatable bonds is 19. The van der Waals surface area contributed by atoms with Gasteiger partial charge in [0, 0.05) is 0 Å². The summed E-state index contributed by atoms with van der Waals surface area (Å²) < 4.78 is 32.7. The van der Waals surface area contributed by atoms with Crippen LogP contribution in [0.3, 0.4) is 0 Å². The van der Waals surface area contributed by atoms with Crippen LogP contribution in [0, 0.1) is 5.82 Å². The highest BCUT2D eigenvalue weighted by atomic mass is 19.1. The topological polar surface area (TPSA) is 27.7 Å². The fourth-order valence-electron chi connectivity index (χ4n) is 4.39. The molecule has 0 saturated heterocycles. The highest BCUT2D eigenvalue weighted by Gasteiger charge is 2.43. The van der Waals surface area contributed by atoms with E-state index < -0.39 is 5.97 Å². The van der Waals surface area contributed by atoms with Crippen molar-refractivity contribution < 1.29 is 18.6 Å². The molecule has 0 fully saturated rings. The molecule has 0 bridgehead atoms. The number of ether oxygens (including phenoxy) is 3. The smallest absolute Gasteiger partial charge is 0.290 e. The van der Waals surface area contributed by atoms with Crippen LogP contribution in [0.5, 0.6) is 0 Å². The van der Waals surface area contributed by atoms with Gasteiger partial charge < -0.3 is 14.2 Å². The third-order valence-electron chi connectivity index (χ3n) is 6.29. The van der Waals surface area contributed by atoms with E-state index in [9.17, 15) is 4.39 Å². The summed E-state index contributed by atoms with van der Waals surface area (Å²) in [7, 11) is 0. The second-order valence-corrected chi connectivity index (χ2v) is 9.39. The number of unbranched alkanes of at least 4 members (excludes halogenated alkanes) is 5. The molecule has 2 aromatic carbocycles. The molecule has 0 radical (unpaired) electrons. The molecule has 2 rings (SSSR count). The molecule has 0 N–H and O–H groups in total. The van der Waals surface area contributed by atoms with Gasteiger partial charge in [0.05, 0.1) is 25.7 Å². The highest BCUT2D eigenvalue weighted by Crippen LogP contribution is 2.39. The predicted octanol–water partition coefficient (Wildman–Crippen LogP) is 9.26. The molecule has 1 atom stereocenters. The molecule has 0 aliphatic rings. The van der Waals surface area contributed by atoms with Gasteiger partial charge in [-0.2, -0.15) is 0 Å². The third-order valence-corrected chi connectivity index (χ3v) is 6.29. The molecular formula is C31H47FO3. The lowest BCUT2D eigenvalue weighted by Crippen LogP contribution is -2.46. The SMILES string of the molecule is CCCCCCCCC(c1ccc(-c2ccc(F)cc2)cc1)C(OCCC)(OCCC)OCCC. The van der Waals surface area contributed by atoms with Crippen LogP contribution in [-0.2, 0) is 14.2 Å². The molecule has 0 aliphatic carbocycles. The molecule has 4 heteroatoms. The van der Waals surface area contributed by atoms with E-state index in [4.69, 9.17) is 14.2 Å². The van der Waals surface area contributed by atoms with Gasteiger partial charge >= 0.3 is 0 Å². The minimum atomic E-state index is -1.08. The van der Waals surface area contributed by atoms with Crippen LogP contribution >= 0.6 is 0 Å². The lowest BCUT2D eigenvalue weighted by molar-refractivity contribution is -0.392. The fourth-order valence-corrected chi connectivity index (χ4v) is 4.39. The Morgan fingerprint density at radius 1 is 0.600 bits per heavy atom. The van der Waals surface area contributed by atoms with Gasteiger partial charge in [0.25, 0.3) is 5.97 Å². The van der Waals surface area contributed by atoms with Gasteiger partial charge in [-0.1, -0.05) is 103 Å². The summed E-state index contributed by atoms with van der Waals surface area (Å²) in [6.07, 6.45) is 11.1. The summed E-state index contributed by atoms with van der Waals surface area (Å²) in [5.41, 5.74) is 3.23. The minimum absolute atomic E-state index is 0.0272. The highest BCUT2D eigenvalue weighted by molar-refractivity contribution is 5.63. The maximum atomic E-state index is 13.4. The molecule has 196 valence electrons. The third kappa shape index (κ3) is 9.67. The Kier molecular flexibility index (Phi) is 14.2. The molecule has 2 aromatic rings. The van der Waals surface area contributed by atoms with Crippen LogP contribution in [0.15, 0.2) is 48.5 Å². The molecular weight excluding hydrogens is 439 g/mol. The van der Waals surface area contributed by atoms with Gasteiger partial charge in [0.2, 0.25) is 0 Å². The average molecular weight is 487 g/mol. The molecule has 0 saturated carbocycles. The Morgan fingerprint density at radius 2 is 1.06 bits per heavy atom. The van der Waals surface area contributed by atoms with Gasteiger partial charge in [0.15, 0.2) is 0 Å². The first kappa shape index (κ1) is 29.5. The van der Waals surface area contributed by atoms with Crippen molar-refractivity contribution in [3.63, 3.8) is 0 Å². The maximum absolute atomic E-state index is 13.4. The van der Waals surface area contributed by atoms with Gasteiger partial charge in [0.1, 0.15) is 5.82 Å². The minimum Gasteiger partial charge on any atom is -0.327 e. The van der Waals surface area contributed by atoms with Gasteiger partial charge in [-0.15, -0.1) is 0 Å². The fraction of sp³-hybridized carbons (Fsp3) is 0.613. The Balaban J connectivity index is 2.34. The standard InChI is InChI=1S/C31H47FO3/c1-5-9-10-11-12-13-14-30(31(33-23-6-2,34-24-7-3)35-25-8-4)28-17-15-26(16-18-28)27-19-21-29(32)22-20-27/h15-22,30H,5-14,23-25H2,1-4H3. The van der Waals surface area contributed by atoms with Crippen molar-refractivity contribution in [1.29, 1.82) is 0 Å². The normalized spacial score (nSPS) is 12.7. The van der Waals surface area contributed by atoms with Crippen LogP contribution in [0.1, 0.15) is 103 Å². The zero-order valence-corrected chi connectivity index (χ0v) is 22.5. The number of hydrogen-bond acceptors (Lipinski definition) is 3. The van der Waals surface area contributed by atoms with Gasteiger partial charge in [-0.05, 0) is 54.5 Å². The lowest BCUT2D eigenvalue weighted by Gasteiger charge is -2.40. The van der Waals surface area contributed by atoms with Crippen molar-refractivity contribution in [2.24, 2.45) is 0 Å². The molecule has 1 unspecified atom stereocenters. The Bertz CT molecular complexity index is 766. The first-order valence-corrected chi connectivity index (χ1v) is 13.9. The summed E-state index contributed by atoms with van der Waals surface area (Å²) in [6.45, 7) is 10.4. The van der Waals surface area contributed by atoms with Crippen molar-refractivity contribution in [1.82, 2.24) is 0 Å². The molecule has 0 heterocycles. The summed E-state index contributed by atoms with van der Waals surface area (Å²) in [6, 6.07) is 15.2. The van der Waals surface area contributed by atoms with E-state index in [1.165, 1.54) is 44.2 Å². The van der Waals surface area contributed by atoms with E-state index in [2.05, 4.69) is 52.0 Å². The van der Waals surface area contributed by atoms with E-state index in [1.54, 1.807) is 0 Å². The van der Waals surface area contributed by atoms with Crippen LogP contribution < -0.4 is 0 Å². The number of halogens is 1. The van der Waals surface area contributed by atoms with E-state index in [0.717, 1.165) is 48.8 Å². The zero-order valence-electron chi connectivity index (χ0n) is 22.5. The predicted molar refractivity (Wildman–Crippen MR) is 144 cm³/mol. The van der Waals surface area contributed by atoms with Crippen molar-refractivity contribution in [3.8, 4) is 11.1 Å². The van der Waals surface area contributed by atoms with E-state index in [0.29, 0.717) is 19.8 Å². The molecule has 0 spiro atoms. The van der Waals surface area contributed by atoms with Crippen molar-refractivity contribution in [2.45, 2.75) is 104 Å². The summed E-state index contributed by atoms with van der Waals surface area (Å²) >= 11 is 0. The lowest BCUT2D eigenvalue weighted by atomic mass is 9.89. The molecule has 35 heavy (non-hydrogen) atoms. The Labute approximate surface area is 213 Å². The summed E-state index contributed by atoms with van der Waals surface area (Å²) in [5.74, 6) is -1.33.